The van der Waals surface area contributed by atoms with E-state index in [1.54, 1.807) is 0 Å². The maximum absolute atomic E-state index is 12.1. The summed E-state index contributed by atoms with van der Waals surface area (Å²) in [5, 5.41) is 6.29. The molecule has 1 unspecified atom stereocenters. The van der Waals surface area contributed by atoms with Crippen LogP contribution in [0.2, 0.25) is 0 Å². The minimum atomic E-state index is 0. The van der Waals surface area contributed by atoms with Crippen LogP contribution in [0.5, 0.6) is 0 Å². The van der Waals surface area contributed by atoms with Gasteiger partial charge < -0.3 is 10.6 Å². The first-order valence-corrected chi connectivity index (χ1v) is 6.17. The molecule has 0 aliphatic carbocycles. The molecule has 2 rings (SSSR count). The van der Waals surface area contributed by atoms with Gasteiger partial charge in [-0.1, -0.05) is 17.7 Å². The van der Waals surface area contributed by atoms with Crippen LogP contribution in [0.25, 0.3) is 0 Å². The molecule has 1 aliphatic heterocycles. The lowest BCUT2D eigenvalue weighted by molar-refractivity contribution is -0.119. The molecule has 1 saturated heterocycles. The van der Waals surface area contributed by atoms with E-state index in [2.05, 4.69) is 29.7 Å². The van der Waals surface area contributed by atoms with Gasteiger partial charge in [0.25, 0.3) is 0 Å². The van der Waals surface area contributed by atoms with Gasteiger partial charge in [0, 0.05) is 12.2 Å². The number of carbonyl (C=O) groups excluding carboxylic acids is 1. The second kappa shape index (κ2) is 6.21. The predicted octanol–water partition coefficient (Wildman–Crippen LogP) is 2.58. The Hall–Kier alpha value is -1.06. The highest BCUT2D eigenvalue weighted by Gasteiger charge is 2.23. The van der Waals surface area contributed by atoms with Gasteiger partial charge in [-0.2, -0.15) is 0 Å². The first kappa shape index (κ1) is 15.0. The molecule has 1 fully saturated rings. The minimum Gasteiger partial charge on any atom is -0.325 e. The zero-order chi connectivity index (χ0) is 12.4. The quantitative estimate of drug-likeness (QED) is 0.866. The standard InChI is InChI=1S/C14H20N2O.ClH/c1-9-6-10(2)13(11(3)7-9)16-14(17)12-4-5-15-8-12;/h6-7,12,15H,4-5,8H2,1-3H3,(H,16,17);1H. The smallest absolute Gasteiger partial charge is 0.228 e. The Bertz CT molecular complexity index is 416. The first-order valence-electron chi connectivity index (χ1n) is 6.17. The summed E-state index contributed by atoms with van der Waals surface area (Å²) in [5.41, 5.74) is 4.50. The Morgan fingerprint density at radius 2 is 1.89 bits per heavy atom. The number of amides is 1. The lowest BCUT2D eigenvalue weighted by Gasteiger charge is -2.15. The summed E-state index contributed by atoms with van der Waals surface area (Å²) in [5.74, 6) is 0.264. The maximum atomic E-state index is 12.1. The SMILES string of the molecule is Cc1cc(C)c(NC(=O)C2CCNC2)c(C)c1.Cl. The molecular formula is C14H21ClN2O. The fraction of sp³-hybridized carbons (Fsp3) is 0.500. The van der Waals surface area contributed by atoms with Crippen molar-refractivity contribution in [1.82, 2.24) is 5.32 Å². The van der Waals surface area contributed by atoms with Crippen LogP contribution in [-0.4, -0.2) is 19.0 Å². The normalized spacial score (nSPS) is 18.3. The van der Waals surface area contributed by atoms with Crippen LogP contribution < -0.4 is 10.6 Å². The van der Waals surface area contributed by atoms with Gasteiger partial charge in [-0.3, -0.25) is 4.79 Å². The number of hydrogen-bond acceptors (Lipinski definition) is 2. The highest BCUT2D eigenvalue weighted by Crippen LogP contribution is 2.23. The van der Waals surface area contributed by atoms with Gasteiger partial charge in [-0.15, -0.1) is 12.4 Å². The number of nitrogens with one attached hydrogen (secondary N) is 2. The van der Waals surface area contributed by atoms with E-state index in [4.69, 9.17) is 0 Å². The number of carbonyl (C=O) groups is 1. The van der Waals surface area contributed by atoms with Gasteiger partial charge >= 0.3 is 0 Å². The summed E-state index contributed by atoms with van der Waals surface area (Å²) in [6.45, 7) is 7.91. The number of aryl methyl sites for hydroxylation is 3. The fourth-order valence-electron chi connectivity index (χ4n) is 2.48. The molecule has 1 aliphatic rings. The molecule has 0 saturated carbocycles. The number of rotatable bonds is 2. The summed E-state index contributed by atoms with van der Waals surface area (Å²) in [6.07, 6.45) is 0.940. The molecule has 0 radical (unpaired) electrons. The Labute approximate surface area is 115 Å². The van der Waals surface area contributed by atoms with Gasteiger partial charge in [0.15, 0.2) is 0 Å². The second-order valence-electron chi connectivity index (χ2n) is 4.95. The van der Waals surface area contributed by atoms with E-state index in [1.807, 2.05) is 13.8 Å². The first-order chi connectivity index (χ1) is 8.08. The maximum Gasteiger partial charge on any atom is 0.228 e. The largest absolute Gasteiger partial charge is 0.325 e. The highest BCUT2D eigenvalue weighted by atomic mass is 35.5. The van der Waals surface area contributed by atoms with Crippen LogP contribution in [-0.2, 0) is 4.79 Å². The summed E-state index contributed by atoms with van der Waals surface area (Å²) in [7, 11) is 0. The van der Waals surface area contributed by atoms with Crippen molar-refractivity contribution >= 4 is 24.0 Å². The predicted molar refractivity (Wildman–Crippen MR) is 77.5 cm³/mol. The Balaban J connectivity index is 0.00000162. The molecule has 0 spiro atoms. The van der Waals surface area contributed by atoms with E-state index in [-0.39, 0.29) is 24.2 Å². The average molecular weight is 269 g/mol. The van der Waals surface area contributed by atoms with E-state index in [0.29, 0.717) is 0 Å². The number of halogens is 1. The molecule has 1 aromatic carbocycles. The average Bonchev–Trinajstić information content (AvgIpc) is 2.76. The summed E-state index contributed by atoms with van der Waals surface area (Å²) < 4.78 is 0. The number of benzene rings is 1. The third-order valence-electron chi connectivity index (χ3n) is 3.36. The molecule has 2 N–H and O–H groups in total. The molecule has 0 aromatic heterocycles. The van der Waals surface area contributed by atoms with E-state index < -0.39 is 0 Å². The van der Waals surface area contributed by atoms with Crippen molar-refractivity contribution in [1.29, 1.82) is 0 Å². The van der Waals surface area contributed by atoms with Crippen molar-refractivity contribution in [2.75, 3.05) is 18.4 Å². The Morgan fingerprint density at radius 1 is 1.28 bits per heavy atom. The van der Waals surface area contributed by atoms with E-state index >= 15 is 0 Å². The molecule has 4 heteroatoms. The van der Waals surface area contributed by atoms with Gasteiger partial charge in [-0.05, 0) is 44.9 Å². The monoisotopic (exact) mass is 268 g/mol. The molecule has 1 aromatic rings. The van der Waals surface area contributed by atoms with E-state index in [0.717, 1.165) is 36.3 Å². The van der Waals surface area contributed by atoms with Gasteiger partial charge in [0.1, 0.15) is 0 Å². The molecule has 1 atom stereocenters. The summed E-state index contributed by atoms with van der Waals surface area (Å²) >= 11 is 0. The lowest BCUT2D eigenvalue weighted by Crippen LogP contribution is -2.25. The Kier molecular flexibility index (Phi) is 5.17. The minimum absolute atomic E-state index is 0. The van der Waals surface area contributed by atoms with Crippen molar-refractivity contribution in [3.8, 4) is 0 Å². The lowest BCUT2D eigenvalue weighted by atomic mass is 10.0. The summed E-state index contributed by atoms with van der Waals surface area (Å²) in [4.78, 5) is 12.1. The third-order valence-corrected chi connectivity index (χ3v) is 3.36. The fourth-order valence-corrected chi connectivity index (χ4v) is 2.48. The van der Waals surface area contributed by atoms with Crippen molar-refractivity contribution < 1.29 is 4.79 Å². The molecule has 3 nitrogen and oxygen atoms in total. The van der Waals surface area contributed by atoms with Crippen LogP contribution in [0.15, 0.2) is 12.1 Å². The van der Waals surface area contributed by atoms with Gasteiger partial charge in [0.05, 0.1) is 5.92 Å². The molecule has 1 heterocycles. The molecule has 0 bridgehead atoms. The zero-order valence-corrected chi connectivity index (χ0v) is 12.0. The third kappa shape index (κ3) is 3.24. The topological polar surface area (TPSA) is 41.1 Å². The van der Waals surface area contributed by atoms with Crippen LogP contribution >= 0.6 is 12.4 Å². The molecule has 1 amide bonds. The van der Waals surface area contributed by atoms with Crippen molar-refractivity contribution in [3.05, 3.63) is 28.8 Å². The highest BCUT2D eigenvalue weighted by molar-refractivity contribution is 5.94. The molecular weight excluding hydrogens is 248 g/mol. The van der Waals surface area contributed by atoms with Crippen LogP contribution in [0.4, 0.5) is 5.69 Å². The summed E-state index contributed by atoms with van der Waals surface area (Å²) in [6, 6.07) is 4.21. The van der Waals surface area contributed by atoms with Crippen LogP contribution in [0.1, 0.15) is 23.1 Å². The van der Waals surface area contributed by atoms with Crippen molar-refractivity contribution in [2.45, 2.75) is 27.2 Å². The van der Waals surface area contributed by atoms with Crippen LogP contribution in [0.3, 0.4) is 0 Å². The van der Waals surface area contributed by atoms with Crippen LogP contribution in [0, 0.1) is 26.7 Å². The van der Waals surface area contributed by atoms with Crippen molar-refractivity contribution in [3.63, 3.8) is 0 Å². The zero-order valence-electron chi connectivity index (χ0n) is 11.2. The van der Waals surface area contributed by atoms with Gasteiger partial charge in [0.2, 0.25) is 5.91 Å². The second-order valence-corrected chi connectivity index (χ2v) is 4.95. The van der Waals surface area contributed by atoms with E-state index in [9.17, 15) is 4.79 Å². The number of hydrogen-bond donors (Lipinski definition) is 2. The van der Waals surface area contributed by atoms with Crippen molar-refractivity contribution in [2.24, 2.45) is 5.92 Å². The van der Waals surface area contributed by atoms with Gasteiger partial charge in [-0.25, -0.2) is 0 Å². The Morgan fingerprint density at radius 3 is 2.39 bits per heavy atom. The number of anilines is 1. The molecule has 100 valence electrons. The van der Waals surface area contributed by atoms with E-state index in [1.165, 1.54) is 5.56 Å². The molecule has 18 heavy (non-hydrogen) atoms.